The molecule has 4 rings (SSSR count). The van der Waals surface area contributed by atoms with E-state index < -0.39 is 0 Å². The molecule has 0 heterocycles. The highest BCUT2D eigenvalue weighted by atomic mass is 16.5. The second kappa shape index (κ2) is 5.33. The summed E-state index contributed by atoms with van der Waals surface area (Å²) in [6, 6.07) is 22.6. The predicted molar refractivity (Wildman–Crippen MR) is 96.3 cm³/mol. The first-order valence-corrected chi connectivity index (χ1v) is 7.62. The van der Waals surface area contributed by atoms with E-state index in [0.29, 0.717) is 0 Å². The Morgan fingerprint density at radius 2 is 1.48 bits per heavy atom. The van der Waals surface area contributed by atoms with Crippen LogP contribution in [0.3, 0.4) is 0 Å². The first kappa shape index (κ1) is 13.6. The van der Waals surface area contributed by atoms with Crippen molar-refractivity contribution in [3.05, 3.63) is 83.4 Å². The van der Waals surface area contributed by atoms with E-state index in [4.69, 9.17) is 10.5 Å². The Morgan fingerprint density at radius 1 is 0.783 bits per heavy atom. The number of rotatable bonds is 2. The molecule has 0 spiro atoms. The van der Waals surface area contributed by atoms with Gasteiger partial charge < -0.3 is 10.5 Å². The van der Waals surface area contributed by atoms with E-state index in [-0.39, 0.29) is 0 Å². The number of ether oxygens (including phenoxy) is 1. The Bertz CT molecular complexity index is 925. The van der Waals surface area contributed by atoms with Crippen molar-refractivity contribution >= 4 is 17.3 Å². The maximum Gasteiger partial charge on any atom is 0.126 e. The summed E-state index contributed by atoms with van der Waals surface area (Å²) in [5.74, 6) is 0.870. The summed E-state index contributed by atoms with van der Waals surface area (Å²) in [6.07, 6.45) is 2.18. The Morgan fingerprint density at radius 3 is 2.30 bits per heavy atom. The molecule has 0 unspecified atom stereocenters. The minimum Gasteiger partial charge on any atom is -0.496 e. The third-order valence-corrected chi connectivity index (χ3v) is 4.28. The predicted octanol–water partition coefficient (Wildman–Crippen LogP) is 4.85. The molecule has 0 fully saturated rings. The summed E-state index contributed by atoms with van der Waals surface area (Å²) in [5.41, 5.74) is 14.0. The van der Waals surface area contributed by atoms with Gasteiger partial charge in [0.1, 0.15) is 5.75 Å². The van der Waals surface area contributed by atoms with Crippen LogP contribution in [-0.4, -0.2) is 7.11 Å². The molecule has 0 amide bonds. The van der Waals surface area contributed by atoms with Crippen LogP contribution in [-0.2, 0) is 0 Å². The third-order valence-electron chi connectivity index (χ3n) is 4.28. The number of benzene rings is 3. The number of hydrogen-bond donors (Lipinski definition) is 1. The van der Waals surface area contributed by atoms with Gasteiger partial charge in [-0.05, 0) is 52.1 Å². The number of nitrogen functional groups attached to an aromatic ring is 1. The standard InChI is InChI=1S/C21H17NO/c1-23-21-9-5-2-6-14(21)12-19-17-8-4-3-7-16(17)18-11-10-15(22)13-20(18)19/h2-13H,22H2,1H3. The molecule has 0 saturated carbocycles. The lowest BCUT2D eigenvalue weighted by atomic mass is 10.0. The minimum absolute atomic E-state index is 0.780. The molecule has 0 aliphatic heterocycles. The highest BCUT2D eigenvalue weighted by Crippen LogP contribution is 2.46. The van der Waals surface area contributed by atoms with Gasteiger partial charge in [-0.15, -0.1) is 0 Å². The van der Waals surface area contributed by atoms with Crippen LogP contribution in [0.1, 0.15) is 16.7 Å². The summed E-state index contributed by atoms with van der Waals surface area (Å²) in [7, 11) is 1.70. The average molecular weight is 299 g/mol. The third kappa shape index (κ3) is 2.20. The zero-order chi connectivity index (χ0) is 15.8. The van der Waals surface area contributed by atoms with Gasteiger partial charge in [0.2, 0.25) is 0 Å². The van der Waals surface area contributed by atoms with Crippen molar-refractivity contribution in [2.24, 2.45) is 0 Å². The van der Waals surface area contributed by atoms with E-state index in [1.54, 1.807) is 7.11 Å². The first-order valence-electron chi connectivity index (χ1n) is 7.62. The van der Waals surface area contributed by atoms with E-state index >= 15 is 0 Å². The molecule has 0 saturated heterocycles. The molecule has 3 aromatic rings. The van der Waals surface area contributed by atoms with Gasteiger partial charge in [0.15, 0.2) is 0 Å². The fraction of sp³-hybridized carbons (Fsp3) is 0.0476. The molecule has 0 bridgehead atoms. The lowest BCUT2D eigenvalue weighted by Gasteiger charge is -2.07. The van der Waals surface area contributed by atoms with Crippen LogP contribution in [0, 0.1) is 0 Å². The quantitative estimate of drug-likeness (QED) is 0.537. The smallest absolute Gasteiger partial charge is 0.126 e. The van der Waals surface area contributed by atoms with Crippen LogP contribution >= 0.6 is 0 Å². The first-order chi connectivity index (χ1) is 11.3. The summed E-state index contributed by atoms with van der Waals surface area (Å²) in [6.45, 7) is 0. The molecule has 1 aliphatic carbocycles. The molecular formula is C21H17NO. The lowest BCUT2D eigenvalue weighted by molar-refractivity contribution is 0.414. The van der Waals surface area contributed by atoms with Crippen LogP contribution in [0.15, 0.2) is 66.7 Å². The molecule has 2 heteroatoms. The number of nitrogens with two attached hydrogens (primary N) is 1. The molecular weight excluding hydrogens is 282 g/mol. The Kier molecular flexibility index (Phi) is 3.16. The van der Waals surface area contributed by atoms with Crippen LogP contribution in [0.2, 0.25) is 0 Å². The molecule has 0 atom stereocenters. The fourth-order valence-corrected chi connectivity index (χ4v) is 3.21. The zero-order valence-electron chi connectivity index (χ0n) is 12.9. The normalized spacial score (nSPS) is 13.7. The Balaban J connectivity index is 1.98. The largest absolute Gasteiger partial charge is 0.496 e. The van der Waals surface area contributed by atoms with Gasteiger partial charge >= 0.3 is 0 Å². The topological polar surface area (TPSA) is 35.2 Å². The van der Waals surface area contributed by atoms with Gasteiger partial charge in [0, 0.05) is 11.3 Å². The van der Waals surface area contributed by atoms with Crippen molar-refractivity contribution in [3.8, 4) is 16.9 Å². The van der Waals surface area contributed by atoms with Crippen molar-refractivity contribution in [1.29, 1.82) is 0 Å². The molecule has 2 N–H and O–H groups in total. The lowest BCUT2D eigenvalue weighted by Crippen LogP contribution is -1.89. The summed E-state index contributed by atoms with van der Waals surface area (Å²) >= 11 is 0. The molecule has 0 radical (unpaired) electrons. The number of methoxy groups -OCH3 is 1. The number of anilines is 1. The Hall–Kier alpha value is -3.00. The van der Waals surface area contributed by atoms with Crippen LogP contribution in [0.25, 0.3) is 22.8 Å². The van der Waals surface area contributed by atoms with Crippen molar-refractivity contribution < 1.29 is 4.74 Å². The molecule has 3 aromatic carbocycles. The number of hydrogen-bond acceptors (Lipinski definition) is 2. The zero-order valence-corrected chi connectivity index (χ0v) is 12.9. The van der Waals surface area contributed by atoms with Crippen LogP contribution in [0.5, 0.6) is 5.75 Å². The number of fused-ring (bicyclic) bond motifs is 3. The summed E-state index contributed by atoms with van der Waals surface area (Å²) in [5, 5.41) is 0. The van der Waals surface area contributed by atoms with E-state index in [2.05, 4.69) is 48.5 Å². The van der Waals surface area contributed by atoms with Crippen molar-refractivity contribution in [2.45, 2.75) is 0 Å². The monoisotopic (exact) mass is 299 g/mol. The second-order valence-electron chi connectivity index (χ2n) is 5.65. The van der Waals surface area contributed by atoms with Crippen LogP contribution in [0.4, 0.5) is 5.69 Å². The summed E-state index contributed by atoms with van der Waals surface area (Å²) in [4.78, 5) is 0. The van der Waals surface area contributed by atoms with E-state index in [9.17, 15) is 0 Å². The minimum atomic E-state index is 0.780. The van der Waals surface area contributed by atoms with E-state index in [1.807, 2.05) is 24.3 Å². The van der Waals surface area contributed by atoms with Gasteiger partial charge in [-0.25, -0.2) is 0 Å². The van der Waals surface area contributed by atoms with Gasteiger partial charge in [-0.2, -0.15) is 0 Å². The maximum atomic E-state index is 6.03. The molecule has 112 valence electrons. The van der Waals surface area contributed by atoms with Gasteiger partial charge in [-0.3, -0.25) is 0 Å². The highest BCUT2D eigenvalue weighted by molar-refractivity contribution is 6.07. The van der Waals surface area contributed by atoms with Gasteiger partial charge in [-0.1, -0.05) is 48.5 Å². The average Bonchev–Trinajstić information content (AvgIpc) is 2.89. The number of para-hydroxylation sites is 1. The van der Waals surface area contributed by atoms with Gasteiger partial charge in [0.05, 0.1) is 7.11 Å². The molecule has 1 aliphatic rings. The molecule has 2 nitrogen and oxygen atoms in total. The SMILES string of the molecule is COc1ccccc1C=C1c2ccccc2-c2ccc(N)cc21. The maximum absolute atomic E-state index is 6.03. The fourth-order valence-electron chi connectivity index (χ4n) is 3.21. The van der Waals surface area contributed by atoms with Crippen LogP contribution < -0.4 is 10.5 Å². The van der Waals surface area contributed by atoms with Crippen molar-refractivity contribution in [1.82, 2.24) is 0 Å². The van der Waals surface area contributed by atoms with Crippen molar-refractivity contribution in [2.75, 3.05) is 12.8 Å². The van der Waals surface area contributed by atoms with Gasteiger partial charge in [0.25, 0.3) is 0 Å². The summed E-state index contributed by atoms with van der Waals surface area (Å²) < 4.78 is 5.49. The second-order valence-corrected chi connectivity index (χ2v) is 5.65. The van der Waals surface area contributed by atoms with Crippen molar-refractivity contribution in [3.63, 3.8) is 0 Å². The van der Waals surface area contributed by atoms with E-state index in [0.717, 1.165) is 17.0 Å². The van der Waals surface area contributed by atoms with E-state index in [1.165, 1.54) is 27.8 Å². The highest BCUT2D eigenvalue weighted by Gasteiger charge is 2.23. The molecule has 0 aromatic heterocycles. The Labute approximate surface area is 135 Å². The molecule has 23 heavy (non-hydrogen) atoms.